The number of nitrogens with zero attached hydrogens (tertiary/aromatic N) is 5. The van der Waals surface area contributed by atoms with Crippen LogP contribution in [0.25, 0.3) is 10.9 Å². The predicted octanol–water partition coefficient (Wildman–Crippen LogP) is 4.38. The molecule has 2 aliphatic heterocycles. The summed E-state index contributed by atoms with van der Waals surface area (Å²) in [5.41, 5.74) is 5.09. The molecule has 10 nitrogen and oxygen atoms in total. The Morgan fingerprint density at radius 3 is 2.05 bits per heavy atom. The summed E-state index contributed by atoms with van der Waals surface area (Å²) in [6.45, 7) is 4.44. The molecule has 0 saturated carbocycles. The lowest BCUT2D eigenvalue weighted by Gasteiger charge is -2.26. The second kappa shape index (κ2) is 13.2. The minimum absolute atomic E-state index is 0.0402. The standard InChI is InChI=1S/C22H25N5O.2C2HF3O2/c1-25-21-15-27(13-18(21)20(24-25)14-26-9-5-2-6-10-26)22(28)17-11-16-7-3-4-8-19(16)23-12-17;2*3-2(4,5)1(6)7/h3-4,7-8,11-12H,2,5-6,9-10,13-15H2,1H3;2*(H,6,7). The SMILES string of the molecule is Cn1nc(CN2CCCCC2)c2c1CN(C(=O)c1cnc3ccccc3c1)C2.O=C(O)C(F)(F)F.O=C(O)C(F)(F)F. The molecule has 1 saturated heterocycles. The number of benzene rings is 1. The third-order valence-electron chi connectivity index (χ3n) is 6.48. The van der Waals surface area contributed by atoms with E-state index in [0.717, 1.165) is 41.9 Å². The number of carbonyl (C=O) groups excluding carboxylic acids is 1. The number of aryl methyl sites for hydroxylation is 1. The normalized spacial score (nSPS) is 15.3. The number of carboxylic acid groups (broad SMARTS) is 2. The van der Waals surface area contributed by atoms with Crippen molar-refractivity contribution in [1.29, 1.82) is 0 Å². The fraction of sp³-hybridized carbons (Fsp3) is 0.423. The smallest absolute Gasteiger partial charge is 0.475 e. The molecule has 3 aromatic rings. The zero-order chi connectivity index (χ0) is 31.2. The van der Waals surface area contributed by atoms with Gasteiger partial charge in [0.15, 0.2) is 0 Å². The lowest BCUT2D eigenvalue weighted by atomic mass is 10.1. The van der Waals surface area contributed by atoms with Gasteiger partial charge in [-0.25, -0.2) is 9.59 Å². The van der Waals surface area contributed by atoms with E-state index in [1.165, 1.54) is 24.8 Å². The van der Waals surface area contributed by atoms with Gasteiger partial charge in [-0.05, 0) is 38.1 Å². The van der Waals surface area contributed by atoms with Crippen molar-refractivity contribution >= 4 is 28.7 Å². The van der Waals surface area contributed by atoms with E-state index >= 15 is 0 Å². The maximum Gasteiger partial charge on any atom is 0.490 e. The molecule has 0 atom stereocenters. The number of para-hydroxylation sites is 1. The Morgan fingerprint density at radius 1 is 0.905 bits per heavy atom. The summed E-state index contributed by atoms with van der Waals surface area (Å²) in [6.07, 6.45) is -4.59. The van der Waals surface area contributed by atoms with Gasteiger partial charge in [0.2, 0.25) is 0 Å². The zero-order valence-electron chi connectivity index (χ0n) is 22.2. The van der Waals surface area contributed by atoms with Crippen LogP contribution in [0.3, 0.4) is 0 Å². The van der Waals surface area contributed by atoms with E-state index in [0.29, 0.717) is 18.7 Å². The third-order valence-corrected chi connectivity index (χ3v) is 6.48. The summed E-state index contributed by atoms with van der Waals surface area (Å²) >= 11 is 0. The number of pyridine rings is 1. The van der Waals surface area contributed by atoms with Gasteiger partial charge in [-0.2, -0.15) is 31.4 Å². The van der Waals surface area contributed by atoms with Crippen molar-refractivity contribution in [3.8, 4) is 0 Å². The molecule has 16 heteroatoms. The summed E-state index contributed by atoms with van der Waals surface area (Å²) in [5, 5.41) is 20.0. The first-order chi connectivity index (χ1) is 19.6. The van der Waals surface area contributed by atoms with E-state index in [1.54, 1.807) is 6.20 Å². The van der Waals surface area contributed by atoms with Crippen LogP contribution >= 0.6 is 0 Å². The Bertz CT molecular complexity index is 1410. The molecule has 5 rings (SSSR count). The van der Waals surface area contributed by atoms with Gasteiger partial charge in [-0.3, -0.25) is 19.4 Å². The van der Waals surface area contributed by atoms with Crippen molar-refractivity contribution in [3.63, 3.8) is 0 Å². The minimum atomic E-state index is -5.08. The van der Waals surface area contributed by atoms with Crippen molar-refractivity contribution in [2.24, 2.45) is 7.05 Å². The monoisotopic (exact) mass is 603 g/mol. The van der Waals surface area contributed by atoms with Crippen LogP contribution < -0.4 is 0 Å². The number of aliphatic carboxylic acids is 2. The molecule has 2 aliphatic rings. The van der Waals surface area contributed by atoms with E-state index in [1.807, 2.05) is 47.0 Å². The molecule has 0 aliphatic carbocycles. The topological polar surface area (TPSA) is 129 Å². The molecule has 42 heavy (non-hydrogen) atoms. The van der Waals surface area contributed by atoms with E-state index in [9.17, 15) is 31.1 Å². The lowest BCUT2D eigenvalue weighted by Crippen LogP contribution is -2.30. The second-order valence-electron chi connectivity index (χ2n) is 9.52. The number of aromatic nitrogens is 3. The fourth-order valence-electron chi connectivity index (χ4n) is 4.44. The van der Waals surface area contributed by atoms with E-state index < -0.39 is 24.3 Å². The van der Waals surface area contributed by atoms with E-state index in [-0.39, 0.29) is 5.91 Å². The van der Waals surface area contributed by atoms with Crippen LogP contribution in [0.4, 0.5) is 26.3 Å². The molecular weight excluding hydrogens is 576 g/mol. The number of rotatable bonds is 3. The van der Waals surface area contributed by atoms with Crippen molar-refractivity contribution in [3.05, 3.63) is 59.0 Å². The molecule has 0 unspecified atom stereocenters. The molecule has 0 radical (unpaired) electrons. The Balaban J connectivity index is 0.000000289. The predicted molar refractivity (Wildman–Crippen MR) is 135 cm³/mol. The number of alkyl halides is 6. The van der Waals surface area contributed by atoms with Gasteiger partial charge in [-0.1, -0.05) is 24.6 Å². The van der Waals surface area contributed by atoms with Crippen molar-refractivity contribution < 1.29 is 50.9 Å². The average molecular weight is 604 g/mol. The molecule has 1 amide bonds. The highest BCUT2D eigenvalue weighted by Gasteiger charge is 2.39. The van der Waals surface area contributed by atoms with Gasteiger partial charge < -0.3 is 15.1 Å². The van der Waals surface area contributed by atoms with Crippen LogP contribution in [-0.2, 0) is 36.3 Å². The number of halogens is 6. The second-order valence-corrected chi connectivity index (χ2v) is 9.52. The third kappa shape index (κ3) is 8.41. The average Bonchev–Trinajstić information content (AvgIpc) is 3.49. The number of piperidine rings is 1. The first-order valence-corrected chi connectivity index (χ1v) is 12.6. The zero-order valence-corrected chi connectivity index (χ0v) is 22.2. The summed E-state index contributed by atoms with van der Waals surface area (Å²) in [5.74, 6) is -5.47. The number of carboxylic acids is 2. The molecule has 1 aromatic carbocycles. The molecule has 0 spiro atoms. The van der Waals surface area contributed by atoms with Gasteiger partial charge in [0.1, 0.15) is 0 Å². The summed E-state index contributed by atoms with van der Waals surface area (Å²) < 4.78 is 65.4. The number of fused-ring (bicyclic) bond motifs is 2. The molecule has 4 heterocycles. The van der Waals surface area contributed by atoms with Crippen LogP contribution in [-0.4, -0.2) is 78.1 Å². The Labute approximate surface area is 235 Å². The highest BCUT2D eigenvalue weighted by Crippen LogP contribution is 2.28. The molecule has 2 aromatic heterocycles. The van der Waals surface area contributed by atoms with Crippen LogP contribution in [0.5, 0.6) is 0 Å². The number of hydrogen-bond donors (Lipinski definition) is 2. The van der Waals surface area contributed by atoms with Gasteiger partial charge in [-0.15, -0.1) is 0 Å². The molecule has 0 bridgehead atoms. The molecular formula is C26H27F6N5O5. The molecule has 2 N–H and O–H groups in total. The van der Waals surface area contributed by atoms with Gasteiger partial charge >= 0.3 is 24.3 Å². The number of likely N-dealkylation sites (tertiary alicyclic amines) is 1. The summed E-state index contributed by atoms with van der Waals surface area (Å²) in [6, 6.07) is 9.85. The summed E-state index contributed by atoms with van der Waals surface area (Å²) in [7, 11) is 1.99. The lowest BCUT2D eigenvalue weighted by molar-refractivity contribution is -0.193. The Kier molecular flexibility index (Phi) is 10.1. The van der Waals surface area contributed by atoms with Gasteiger partial charge in [0, 0.05) is 30.7 Å². The Morgan fingerprint density at radius 2 is 1.48 bits per heavy atom. The van der Waals surface area contributed by atoms with E-state index in [2.05, 4.69) is 9.88 Å². The number of hydrogen-bond acceptors (Lipinski definition) is 6. The largest absolute Gasteiger partial charge is 0.490 e. The maximum atomic E-state index is 13.1. The van der Waals surface area contributed by atoms with E-state index in [4.69, 9.17) is 24.9 Å². The van der Waals surface area contributed by atoms with Crippen molar-refractivity contribution in [1.82, 2.24) is 24.6 Å². The van der Waals surface area contributed by atoms with Crippen molar-refractivity contribution in [2.45, 2.75) is 51.2 Å². The fourth-order valence-corrected chi connectivity index (χ4v) is 4.44. The minimum Gasteiger partial charge on any atom is -0.475 e. The summed E-state index contributed by atoms with van der Waals surface area (Å²) in [4.78, 5) is 39.8. The van der Waals surface area contributed by atoms with Crippen LogP contribution in [0.15, 0.2) is 36.5 Å². The van der Waals surface area contributed by atoms with Gasteiger partial charge in [0.05, 0.1) is 35.6 Å². The quantitative estimate of drug-likeness (QED) is 0.423. The van der Waals surface area contributed by atoms with Crippen LogP contribution in [0.2, 0.25) is 0 Å². The van der Waals surface area contributed by atoms with Gasteiger partial charge in [0.25, 0.3) is 5.91 Å². The number of amides is 1. The highest BCUT2D eigenvalue weighted by molar-refractivity contribution is 5.97. The first-order valence-electron chi connectivity index (χ1n) is 12.6. The maximum absolute atomic E-state index is 13.1. The van der Waals surface area contributed by atoms with Crippen LogP contribution in [0, 0.1) is 0 Å². The Hall–Kier alpha value is -4.21. The number of carbonyl (C=O) groups is 3. The highest BCUT2D eigenvalue weighted by atomic mass is 19.4. The molecule has 228 valence electrons. The molecule has 1 fully saturated rings. The van der Waals surface area contributed by atoms with Crippen LogP contribution in [0.1, 0.15) is 46.6 Å². The first kappa shape index (κ1) is 32.3. The van der Waals surface area contributed by atoms with Crippen molar-refractivity contribution in [2.75, 3.05) is 13.1 Å².